The van der Waals surface area contributed by atoms with Gasteiger partial charge in [0.25, 0.3) is 0 Å². The molecule has 1 fully saturated rings. The Bertz CT molecular complexity index is 362. The normalized spacial score (nSPS) is 20.1. The van der Waals surface area contributed by atoms with Crippen LogP contribution >= 0.6 is 0 Å². The number of para-hydroxylation sites is 1. The Morgan fingerprint density at radius 2 is 1.88 bits per heavy atom. The second-order valence-corrected chi connectivity index (χ2v) is 4.99. The van der Waals surface area contributed by atoms with Crippen LogP contribution in [-0.2, 0) is 0 Å². The molecule has 0 radical (unpaired) electrons. The lowest BCUT2D eigenvalue weighted by molar-refractivity contribution is 0.360. The largest absolute Gasteiger partial charge is 0.370 e. The first-order valence-electron chi connectivity index (χ1n) is 6.46. The second-order valence-electron chi connectivity index (χ2n) is 4.99. The molecule has 17 heavy (non-hydrogen) atoms. The standard InChI is InChI=1S/C14H23N3/c1-12(15)13-6-3-4-7-14(13)17-9-5-8-16(2)10-11-17/h3-4,6-7,12H,5,8-11,15H2,1-2H3. The number of benzene rings is 1. The van der Waals surface area contributed by atoms with Crippen LogP contribution in [0.2, 0.25) is 0 Å². The summed E-state index contributed by atoms with van der Waals surface area (Å²) in [5.74, 6) is 0. The number of hydrogen-bond donors (Lipinski definition) is 1. The van der Waals surface area contributed by atoms with E-state index in [1.165, 1.54) is 24.2 Å². The highest BCUT2D eigenvalue weighted by molar-refractivity contribution is 5.55. The summed E-state index contributed by atoms with van der Waals surface area (Å²) in [5.41, 5.74) is 8.63. The molecule has 94 valence electrons. The average Bonchev–Trinajstić information content (AvgIpc) is 2.54. The van der Waals surface area contributed by atoms with Crippen molar-refractivity contribution in [3.63, 3.8) is 0 Å². The van der Waals surface area contributed by atoms with E-state index in [0.717, 1.165) is 19.6 Å². The third-order valence-electron chi connectivity index (χ3n) is 3.49. The van der Waals surface area contributed by atoms with Crippen molar-refractivity contribution in [3.8, 4) is 0 Å². The summed E-state index contributed by atoms with van der Waals surface area (Å²) in [7, 11) is 2.20. The van der Waals surface area contributed by atoms with Crippen molar-refractivity contribution in [1.29, 1.82) is 0 Å². The van der Waals surface area contributed by atoms with Gasteiger partial charge >= 0.3 is 0 Å². The van der Waals surface area contributed by atoms with Crippen LogP contribution in [0.25, 0.3) is 0 Å². The molecule has 2 rings (SSSR count). The van der Waals surface area contributed by atoms with Crippen molar-refractivity contribution in [2.24, 2.45) is 5.73 Å². The zero-order chi connectivity index (χ0) is 12.3. The predicted molar refractivity (Wildman–Crippen MR) is 73.4 cm³/mol. The van der Waals surface area contributed by atoms with E-state index in [0.29, 0.717) is 0 Å². The summed E-state index contributed by atoms with van der Waals surface area (Å²) in [6, 6.07) is 8.63. The maximum atomic E-state index is 6.05. The molecule has 1 aliphatic rings. The van der Waals surface area contributed by atoms with Gasteiger partial charge in [-0.15, -0.1) is 0 Å². The van der Waals surface area contributed by atoms with E-state index < -0.39 is 0 Å². The topological polar surface area (TPSA) is 32.5 Å². The maximum absolute atomic E-state index is 6.05. The number of rotatable bonds is 2. The van der Waals surface area contributed by atoms with Crippen molar-refractivity contribution < 1.29 is 0 Å². The van der Waals surface area contributed by atoms with Crippen molar-refractivity contribution >= 4 is 5.69 Å². The molecule has 0 bridgehead atoms. The van der Waals surface area contributed by atoms with Crippen LogP contribution in [0.5, 0.6) is 0 Å². The van der Waals surface area contributed by atoms with E-state index >= 15 is 0 Å². The molecule has 1 aromatic rings. The Morgan fingerprint density at radius 1 is 1.12 bits per heavy atom. The summed E-state index contributed by atoms with van der Waals surface area (Å²) in [4.78, 5) is 4.87. The fraction of sp³-hybridized carbons (Fsp3) is 0.571. The minimum Gasteiger partial charge on any atom is -0.370 e. The smallest absolute Gasteiger partial charge is 0.0414 e. The highest BCUT2D eigenvalue weighted by atomic mass is 15.2. The van der Waals surface area contributed by atoms with Gasteiger partial charge in [0.2, 0.25) is 0 Å². The van der Waals surface area contributed by atoms with E-state index in [-0.39, 0.29) is 6.04 Å². The molecular formula is C14H23N3. The van der Waals surface area contributed by atoms with Crippen molar-refractivity contribution in [1.82, 2.24) is 4.90 Å². The van der Waals surface area contributed by atoms with E-state index in [1.807, 2.05) is 0 Å². The lowest BCUT2D eigenvalue weighted by Gasteiger charge is -2.26. The molecule has 1 atom stereocenters. The highest BCUT2D eigenvalue weighted by Gasteiger charge is 2.16. The van der Waals surface area contributed by atoms with Crippen LogP contribution in [0.4, 0.5) is 5.69 Å². The highest BCUT2D eigenvalue weighted by Crippen LogP contribution is 2.25. The molecule has 0 saturated carbocycles. The lowest BCUT2D eigenvalue weighted by atomic mass is 10.1. The summed E-state index contributed by atoms with van der Waals surface area (Å²) in [5, 5.41) is 0. The number of hydrogen-bond acceptors (Lipinski definition) is 3. The van der Waals surface area contributed by atoms with Gasteiger partial charge in [0.1, 0.15) is 0 Å². The first-order valence-corrected chi connectivity index (χ1v) is 6.46. The van der Waals surface area contributed by atoms with E-state index in [4.69, 9.17) is 5.73 Å². The molecule has 0 amide bonds. The van der Waals surface area contributed by atoms with Crippen LogP contribution in [0, 0.1) is 0 Å². The van der Waals surface area contributed by atoms with Crippen molar-refractivity contribution in [3.05, 3.63) is 29.8 Å². The molecule has 0 spiro atoms. The maximum Gasteiger partial charge on any atom is 0.0414 e. The van der Waals surface area contributed by atoms with Crippen LogP contribution in [0.1, 0.15) is 24.9 Å². The van der Waals surface area contributed by atoms with E-state index in [2.05, 4.69) is 48.0 Å². The van der Waals surface area contributed by atoms with Crippen molar-refractivity contribution in [2.75, 3.05) is 38.1 Å². The average molecular weight is 233 g/mol. The minimum atomic E-state index is 0.104. The summed E-state index contributed by atoms with van der Waals surface area (Å²) in [6.07, 6.45) is 1.23. The summed E-state index contributed by atoms with van der Waals surface area (Å²) < 4.78 is 0. The third-order valence-corrected chi connectivity index (χ3v) is 3.49. The molecule has 1 aromatic carbocycles. The van der Waals surface area contributed by atoms with Gasteiger partial charge in [-0.25, -0.2) is 0 Å². The van der Waals surface area contributed by atoms with E-state index in [1.54, 1.807) is 0 Å². The van der Waals surface area contributed by atoms with Gasteiger partial charge in [0.15, 0.2) is 0 Å². The van der Waals surface area contributed by atoms with Gasteiger partial charge in [0, 0.05) is 31.4 Å². The van der Waals surface area contributed by atoms with Crippen LogP contribution < -0.4 is 10.6 Å². The zero-order valence-corrected chi connectivity index (χ0v) is 10.9. The van der Waals surface area contributed by atoms with E-state index in [9.17, 15) is 0 Å². The number of nitrogens with two attached hydrogens (primary N) is 1. The second kappa shape index (κ2) is 5.52. The zero-order valence-electron chi connectivity index (χ0n) is 10.9. The number of likely N-dealkylation sites (N-methyl/N-ethyl adjacent to an activating group) is 1. The molecule has 2 N–H and O–H groups in total. The first-order chi connectivity index (χ1) is 8.18. The Kier molecular flexibility index (Phi) is 4.02. The van der Waals surface area contributed by atoms with Gasteiger partial charge < -0.3 is 15.5 Å². The molecule has 3 heteroatoms. The molecule has 1 aliphatic heterocycles. The van der Waals surface area contributed by atoms with Gasteiger partial charge in [-0.05, 0) is 38.6 Å². The third kappa shape index (κ3) is 2.99. The summed E-state index contributed by atoms with van der Waals surface area (Å²) >= 11 is 0. The minimum absolute atomic E-state index is 0.104. The lowest BCUT2D eigenvalue weighted by Crippen LogP contribution is -2.30. The monoisotopic (exact) mass is 233 g/mol. The van der Waals surface area contributed by atoms with Crippen LogP contribution in [0.3, 0.4) is 0 Å². The first kappa shape index (κ1) is 12.4. The Hall–Kier alpha value is -1.06. The Morgan fingerprint density at radius 3 is 2.65 bits per heavy atom. The SMILES string of the molecule is CC(N)c1ccccc1N1CCCN(C)CC1. The van der Waals surface area contributed by atoms with Gasteiger partial charge in [-0.1, -0.05) is 18.2 Å². The van der Waals surface area contributed by atoms with Gasteiger partial charge in [-0.3, -0.25) is 0 Å². The summed E-state index contributed by atoms with van der Waals surface area (Å²) in [6.45, 7) is 6.61. The number of anilines is 1. The molecule has 1 saturated heterocycles. The van der Waals surface area contributed by atoms with Gasteiger partial charge in [0.05, 0.1) is 0 Å². The molecule has 1 unspecified atom stereocenters. The molecule has 0 aromatic heterocycles. The molecule has 1 heterocycles. The fourth-order valence-electron chi connectivity index (χ4n) is 2.45. The molecule has 3 nitrogen and oxygen atoms in total. The fourth-order valence-corrected chi connectivity index (χ4v) is 2.45. The van der Waals surface area contributed by atoms with Crippen LogP contribution in [-0.4, -0.2) is 38.1 Å². The Balaban J connectivity index is 2.21. The van der Waals surface area contributed by atoms with Gasteiger partial charge in [-0.2, -0.15) is 0 Å². The quantitative estimate of drug-likeness (QED) is 0.846. The van der Waals surface area contributed by atoms with Crippen molar-refractivity contribution in [2.45, 2.75) is 19.4 Å². The molecule has 0 aliphatic carbocycles. The molecular weight excluding hydrogens is 210 g/mol. The Labute approximate surface area is 104 Å². The number of nitrogens with zero attached hydrogens (tertiary/aromatic N) is 2. The van der Waals surface area contributed by atoms with Crippen LogP contribution in [0.15, 0.2) is 24.3 Å². The predicted octanol–water partition coefficient (Wildman–Crippen LogP) is 1.85.